The van der Waals surface area contributed by atoms with E-state index in [-0.39, 0.29) is 23.6 Å². The van der Waals surface area contributed by atoms with E-state index in [4.69, 9.17) is 4.74 Å². The minimum atomic E-state index is -0.160. The van der Waals surface area contributed by atoms with E-state index in [1.54, 1.807) is 19.2 Å². The van der Waals surface area contributed by atoms with Gasteiger partial charge in [-0.2, -0.15) is 5.10 Å². The molecule has 6 heteroatoms. The van der Waals surface area contributed by atoms with Gasteiger partial charge in [-0.25, -0.2) is 4.68 Å². The van der Waals surface area contributed by atoms with Gasteiger partial charge in [0.2, 0.25) is 0 Å². The average molecular weight is 329 g/mol. The van der Waals surface area contributed by atoms with Crippen molar-refractivity contribution in [3.63, 3.8) is 0 Å². The molecule has 1 aliphatic carbocycles. The molecular formula is C18H23N3O3. The van der Waals surface area contributed by atoms with Gasteiger partial charge >= 0.3 is 0 Å². The van der Waals surface area contributed by atoms with Gasteiger partial charge in [0.25, 0.3) is 11.5 Å². The molecule has 0 N–H and O–H groups in total. The Morgan fingerprint density at radius 3 is 2.58 bits per heavy atom. The summed E-state index contributed by atoms with van der Waals surface area (Å²) in [4.78, 5) is 27.5. The molecule has 2 aromatic rings. The number of carbonyl (C=O) groups is 1. The normalized spacial score (nSPS) is 14.3. The molecule has 0 spiro atoms. The molecule has 1 heterocycles. The maximum absolute atomic E-state index is 13.1. The smallest absolute Gasteiger partial charge is 0.275 e. The van der Waals surface area contributed by atoms with Crippen molar-refractivity contribution in [3.8, 4) is 0 Å². The number of rotatable bonds is 6. The van der Waals surface area contributed by atoms with Crippen LogP contribution >= 0.6 is 0 Å². The van der Waals surface area contributed by atoms with Crippen LogP contribution in [0.2, 0.25) is 0 Å². The highest BCUT2D eigenvalue weighted by atomic mass is 16.5. The lowest BCUT2D eigenvalue weighted by Gasteiger charge is -2.23. The van der Waals surface area contributed by atoms with Gasteiger partial charge in [-0.05, 0) is 32.8 Å². The molecular weight excluding hydrogens is 306 g/mol. The number of aromatic nitrogens is 2. The Hall–Kier alpha value is -2.21. The Bertz CT molecular complexity index is 809. The Kier molecular flexibility index (Phi) is 4.66. The summed E-state index contributed by atoms with van der Waals surface area (Å²) in [7, 11) is 1.63. The SMILES string of the molecule is COCCN(C(=O)c1nn(C(C)C)c(=O)c2ccccc12)C1CC1. The van der Waals surface area contributed by atoms with Crippen molar-refractivity contribution in [2.75, 3.05) is 20.3 Å². The quantitative estimate of drug-likeness (QED) is 0.815. The number of methoxy groups -OCH3 is 1. The molecule has 1 aromatic heterocycles. The fraction of sp³-hybridized carbons (Fsp3) is 0.500. The zero-order valence-electron chi connectivity index (χ0n) is 14.4. The first kappa shape index (κ1) is 16.6. The molecule has 1 amide bonds. The van der Waals surface area contributed by atoms with E-state index in [0.29, 0.717) is 29.6 Å². The van der Waals surface area contributed by atoms with Crippen LogP contribution in [-0.2, 0) is 4.74 Å². The monoisotopic (exact) mass is 329 g/mol. The summed E-state index contributed by atoms with van der Waals surface area (Å²) in [6, 6.07) is 7.34. The van der Waals surface area contributed by atoms with Gasteiger partial charge in [-0.15, -0.1) is 0 Å². The molecule has 0 atom stereocenters. The van der Waals surface area contributed by atoms with Crippen molar-refractivity contribution in [3.05, 3.63) is 40.3 Å². The third kappa shape index (κ3) is 3.06. The lowest BCUT2D eigenvalue weighted by atomic mass is 10.1. The zero-order chi connectivity index (χ0) is 17.3. The summed E-state index contributed by atoms with van der Waals surface area (Å²) in [6.07, 6.45) is 2.02. The summed E-state index contributed by atoms with van der Waals surface area (Å²) >= 11 is 0. The van der Waals surface area contributed by atoms with E-state index in [0.717, 1.165) is 12.8 Å². The molecule has 6 nitrogen and oxygen atoms in total. The lowest BCUT2D eigenvalue weighted by molar-refractivity contribution is 0.0673. The lowest BCUT2D eigenvalue weighted by Crippen LogP contribution is -2.38. The Labute approximate surface area is 141 Å². The number of benzene rings is 1. The third-order valence-corrected chi connectivity index (χ3v) is 4.30. The van der Waals surface area contributed by atoms with Crippen LogP contribution < -0.4 is 5.56 Å². The number of ether oxygens (including phenoxy) is 1. The highest BCUT2D eigenvalue weighted by molar-refractivity contribution is 6.05. The van der Waals surface area contributed by atoms with Crippen molar-refractivity contribution >= 4 is 16.7 Å². The number of hydrogen-bond acceptors (Lipinski definition) is 4. The minimum absolute atomic E-state index is 0.109. The van der Waals surface area contributed by atoms with Gasteiger partial charge in [0.05, 0.1) is 18.0 Å². The van der Waals surface area contributed by atoms with Gasteiger partial charge in [0.15, 0.2) is 5.69 Å². The fourth-order valence-corrected chi connectivity index (χ4v) is 2.88. The predicted octanol–water partition coefficient (Wildman–Crippen LogP) is 2.23. The number of hydrogen-bond donors (Lipinski definition) is 0. The van der Waals surface area contributed by atoms with E-state index >= 15 is 0 Å². The standard InChI is InChI=1S/C18H23N3O3/c1-12(2)21-17(22)15-7-5-4-6-14(15)16(19-21)18(23)20(10-11-24-3)13-8-9-13/h4-7,12-13H,8-11H2,1-3H3. The maximum atomic E-state index is 13.1. The number of carbonyl (C=O) groups excluding carboxylic acids is 1. The minimum Gasteiger partial charge on any atom is -0.383 e. The molecule has 0 aliphatic heterocycles. The summed E-state index contributed by atoms with van der Waals surface area (Å²) in [6.45, 7) is 4.81. The van der Waals surface area contributed by atoms with Crippen LogP contribution in [0.3, 0.4) is 0 Å². The molecule has 1 aromatic carbocycles. The first-order chi connectivity index (χ1) is 11.5. The highest BCUT2D eigenvalue weighted by Crippen LogP contribution is 2.29. The Morgan fingerprint density at radius 2 is 2.00 bits per heavy atom. The number of nitrogens with zero attached hydrogens (tertiary/aromatic N) is 3. The summed E-state index contributed by atoms with van der Waals surface area (Å²) in [5.74, 6) is -0.125. The summed E-state index contributed by atoms with van der Waals surface area (Å²) < 4.78 is 6.54. The number of amides is 1. The molecule has 24 heavy (non-hydrogen) atoms. The van der Waals surface area contributed by atoms with Crippen molar-refractivity contribution in [2.45, 2.75) is 38.8 Å². The van der Waals surface area contributed by atoms with Crippen molar-refractivity contribution in [2.24, 2.45) is 0 Å². The largest absolute Gasteiger partial charge is 0.383 e. The third-order valence-electron chi connectivity index (χ3n) is 4.30. The van der Waals surface area contributed by atoms with E-state index in [2.05, 4.69) is 5.10 Å². The second kappa shape index (κ2) is 6.73. The van der Waals surface area contributed by atoms with E-state index in [9.17, 15) is 9.59 Å². The Balaban J connectivity index is 2.12. The van der Waals surface area contributed by atoms with Gasteiger partial charge in [0.1, 0.15) is 0 Å². The van der Waals surface area contributed by atoms with Gasteiger partial charge in [-0.3, -0.25) is 9.59 Å². The van der Waals surface area contributed by atoms with Crippen LogP contribution in [0.4, 0.5) is 0 Å². The van der Waals surface area contributed by atoms with E-state index in [1.165, 1.54) is 4.68 Å². The molecule has 1 fully saturated rings. The molecule has 1 aliphatic rings. The zero-order valence-corrected chi connectivity index (χ0v) is 14.4. The van der Waals surface area contributed by atoms with Crippen LogP contribution in [-0.4, -0.2) is 46.9 Å². The molecule has 0 saturated heterocycles. The first-order valence-corrected chi connectivity index (χ1v) is 8.36. The predicted molar refractivity (Wildman–Crippen MR) is 92.3 cm³/mol. The van der Waals surface area contributed by atoms with Crippen LogP contribution in [0.5, 0.6) is 0 Å². The van der Waals surface area contributed by atoms with Gasteiger partial charge in [-0.1, -0.05) is 18.2 Å². The topological polar surface area (TPSA) is 64.4 Å². The molecule has 128 valence electrons. The molecule has 1 saturated carbocycles. The van der Waals surface area contributed by atoms with Crippen molar-refractivity contribution in [1.29, 1.82) is 0 Å². The molecule has 0 bridgehead atoms. The first-order valence-electron chi connectivity index (χ1n) is 8.36. The van der Waals surface area contributed by atoms with Crippen LogP contribution in [0.15, 0.2) is 29.1 Å². The van der Waals surface area contributed by atoms with E-state index in [1.807, 2.05) is 30.9 Å². The number of fused-ring (bicyclic) bond motifs is 1. The van der Waals surface area contributed by atoms with Gasteiger partial charge in [0, 0.05) is 25.1 Å². The second-order valence-corrected chi connectivity index (χ2v) is 6.46. The van der Waals surface area contributed by atoms with Crippen LogP contribution in [0.1, 0.15) is 43.2 Å². The summed E-state index contributed by atoms with van der Waals surface area (Å²) in [5, 5.41) is 5.56. The van der Waals surface area contributed by atoms with Crippen LogP contribution in [0.25, 0.3) is 10.8 Å². The maximum Gasteiger partial charge on any atom is 0.275 e. The summed E-state index contributed by atoms with van der Waals surface area (Å²) in [5.41, 5.74) is 0.189. The molecule has 0 radical (unpaired) electrons. The van der Waals surface area contributed by atoms with Gasteiger partial charge < -0.3 is 9.64 Å². The van der Waals surface area contributed by atoms with Crippen LogP contribution in [0, 0.1) is 0 Å². The second-order valence-electron chi connectivity index (χ2n) is 6.46. The average Bonchev–Trinajstić information content (AvgIpc) is 3.40. The fourth-order valence-electron chi connectivity index (χ4n) is 2.88. The molecule has 0 unspecified atom stereocenters. The molecule has 3 rings (SSSR count). The highest BCUT2D eigenvalue weighted by Gasteiger charge is 2.34. The Morgan fingerprint density at radius 1 is 1.33 bits per heavy atom. The van der Waals surface area contributed by atoms with Crippen molar-refractivity contribution in [1.82, 2.24) is 14.7 Å². The van der Waals surface area contributed by atoms with E-state index < -0.39 is 0 Å². The van der Waals surface area contributed by atoms with Crippen molar-refractivity contribution < 1.29 is 9.53 Å².